The zero-order valence-electron chi connectivity index (χ0n) is 19.1. The van der Waals surface area contributed by atoms with Gasteiger partial charge in [-0.3, -0.25) is 25.2 Å². The van der Waals surface area contributed by atoms with E-state index in [1.54, 1.807) is 60.7 Å². The van der Waals surface area contributed by atoms with Gasteiger partial charge in [-0.05, 0) is 60.2 Å². The Hall–Kier alpha value is -4.24. The molecule has 9 nitrogen and oxygen atoms in total. The number of nitrogens with one attached hydrogen (secondary N) is 3. The third-order valence-electron chi connectivity index (χ3n) is 4.81. The molecular weight excluding hydrogens is 474 g/mol. The molecule has 3 aromatic rings. The van der Waals surface area contributed by atoms with Crippen molar-refractivity contribution in [3.05, 3.63) is 88.4 Å². The minimum absolute atomic E-state index is 0.291. The number of hydrazine groups is 1. The van der Waals surface area contributed by atoms with Crippen molar-refractivity contribution in [3.63, 3.8) is 0 Å². The lowest BCUT2D eigenvalue weighted by Gasteiger charge is -2.11. The van der Waals surface area contributed by atoms with Gasteiger partial charge in [-0.15, -0.1) is 0 Å². The molecule has 0 aliphatic carbocycles. The molecule has 0 aromatic heterocycles. The molecule has 3 rings (SSSR count). The SMILES string of the molecule is COc1ccc(C(=O)NCC(=O)NNC(=O)c2ccc(COc3ccc(Cl)cc3)cc2)cc1OC. The fourth-order valence-electron chi connectivity index (χ4n) is 2.93. The van der Waals surface area contributed by atoms with E-state index in [9.17, 15) is 14.4 Å². The number of carbonyl (C=O) groups is 3. The van der Waals surface area contributed by atoms with Crippen molar-refractivity contribution in [1.82, 2.24) is 16.2 Å². The quantitative estimate of drug-likeness (QED) is 0.391. The van der Waals surface area contributed by atoms with E-state index in [1.807, 2.05) is 0 Å². The Morgan fingerprint density at radius 1 is 0.771 bits per heavy atom. The second-order valence-corrected chi connectivity index (χ2v) is 7.63. The summed E-state index contributed by atoms with van der Waals surface area (Å²) < 4.78 is 16.0. The fourth-order valence-corrected chi connectivity index (χ4v) is 3.06. The number of ether oxygens (including phenoxy) is 3. The molecule has 10 heteroatoms. The van der Waals surface area contributed by atoms with Crippen LogP contribution in [0.4, 0.5) is 0 Å². The summed E-state index contributed by atoms with van der Waals surface area (Å²) in [5.41, 5.74) is 6.06. The van der Waals surface area contributed by atoms with E-state index >= 15 is 0 Å². The van der Waals surface area contributed by atoms with Crippen LogP contribution in [0.2, 0.25) is 5.02 Å². The molecule has 0 aliphatic rings. The van der Waals surface area contributed by atoms with Gasteiger partial charge in [-0.1, -0.05) is 23.7 Å². The van der Waals surface area contributed by atoms with Crippen molar-refractivity contribution in [1.29, 1.82) is 0 Å². The topological polar surface area (TPSA) is 115 Å². The Balaban J connectivity index is 1.42. The molecule has 0 atom stereocenters. The Kier molecular flexibility index (Phi) is 8.91. The van der Waals surface area contributed by atoms with Crippen LogP contribution in [0.3, 0.4) is 0 Å². The summed E-state index contributed by atoms with van der Waals surface area (Å²) >= 11 is 5.85. The van der Waals surface area contributed by atoms with Gasteiger partial charge < -0.3 is 19.5 Å². The van der Waals surface area contributed by atoms with E-state index in [0.717, 1.165) is 5.56 Å². The first kappa shape index (κ1) is 25.4. The van der Waals surface area contributed by atoms with Gasteiger partial charge in [0.05, 0.1) is 20.8 Å². The highest BCUT2D eigenvalue weighted by atomic mass is 35.5. The van der Waals surface area contributed by atoms with Crippen molar-refractivity contribution in [2.75, 3.05) is 20.8 Å². The van der Waals surface area contributed by atoms with Crippen LogP contribution < -0.4 is 30.4 Å². The smallest absolute Gasteiger partial charge is 0.269 e. The van der Waals surface area contributed by atoms with Gasteiger partial charge >= 0.3 is 0 Å². The molecule has 0 heterocycles. The summed E-state index contributed by atoms with van der Waals surface area (Å²) in [7, 11) is 2.94. The molecule has 3 aromatic carbocycles. The summed E-state index contributed by atoms with van der Waals surface area (Å²) in [6, 6.07) is 18.3. The average molecular weight is 498 g/mol. The molecule has 0 aliphatic heterocycles. The predicted molar refractivity (Wildman–Crippen MR) is 130 cm³/mol. The first-order valence-corrected chi connectivity index (χ1v) is 10.8. The molecule has 0 unspecified atom stereocenters. The lowest BCUT2D eigenvalue weighted by molar-refractivity contribution is -0.120. The summed E-state index contributed by atoms with van der Waals surface area (Å²) in [6.45, 7) is -0.0194. The molecular formula is C25H24ClN3O6. The molecule has 0 spiro atoms. The van der Waals surface area contributed by atoms with E-state index in [-0.39, 0.29) is 6.54 Å². The zero-order chi connectivity index (χ0) is 25.2. The van der Waals surface area contributed by atoms with Gasteiger partial charge in [0.1, 0.15) is 12.4 Å². The summed E-state index contributed by atoms with van der Waals surface area (Å²) in [6.07, 6.45) is 0. The first-order valence-electron chi connectivity index (χ1n) is 10.5. The third kappa shape index (κ3) is 7.38. The molecule has 0 radical (unpaired) electrons. The van der Waals surface area contributed by atoms with Crippen LogP contribution in [-0.2, 0) is 11.4 Å². The van der Waals surface area contributed by atoms with Crippen LogP contribution in [0, 0.1) is 0 Å². The largest absolute Gasteiger partial charge is 0.493 e. The van der Waals surface area contributed by atoms with Gasteiger partial charge in [-0.2, -0.15) is 0 Å². The second kappa shape index (κ2) is 12.3. The lowest BCUT2D eigenvalue weighted by atomic mass is 10.1. The number of methoxy groups -OCH3 is 2. The Morgan fingerprint density at radius 3 is 2.09 bits per heavy atom. The van der Waals surface area contributed by atoms with Crippen molar-refractivity contribution in [3.8, 4) is 17.2 Å². The Bertz CT molecular complexity index is 1180. The van der Waals surface area contributed by atoms with Crippen molar-refractivity contribution in [2.45, 2.75) is 6.61 Å². The highest BCUT2D eigenvalue weighted by Gasteiger charge is 2.13. The molecule has 0 fully saturated rings. The first-order chi connectivity index (χ1) is 16.9. The fraction of sp³-hybridized carbons (Fsp3) is 0.160. The average Bonchev–Trinajstić information content (AvgIpc) is 2.89. The zero-order valence-corrected chi connectivity index (χ0v) is 19.8. The van der Waals surface area contributed by atoms with Gasteiger partial charge in [-0.25, -0.2) is 0 Å². The highest BCUT2D eigenvalue weighted by Crippen LogP contribution is 2.27. The van der Waals surface area contributed by atoms with E-state index in [4.69, 9.17) is 25.8 Å². The minimum atomic E-state index is -0.597. The summed E-state index contributed by atoms with van der Waals surface area (Å²) in [5, 5.41) is 3.09. The molecule has 0 saturated heterocycles. The van der Waals surface area contributed by atoms with Gasteiger partial charge in [0.2, 0.25) is 0 Å². The lowest BCUT2D eigenvalue weighted by Crippen LogP contribution is -2.46. The van der Waals surface area contributed by atoms with Gasteiger partial charge in [0.25, 0.3) is 17.7 Å². The van der Waals surface area contributed by atoms with E-state index in [1.165, 1.54) is 20.3 Å². The van der Waals surface area contributed by atoms with Crippen molar-refractivity contribution in [2.24, 2.45) is 0 Å². The highest BCUT2D eigenvalue weighted by molar-refractivity contribution is 6.30. The van der Waals surface area contributed by atoms with Crippen LogP contribution >= 0.6 is 11.6 Å². The number of rotatable bonds is 9. The van der Waals surface area contributed by atoms with Gasteiger partial charge in [0.15, 0.2) is 11.5 Å². The number of amides is 3. The maximum absolute atomic E-state index is 12.3. The normalized spacial score (nSPS) is 10.1. The van der Waals surface area contributed by atoms with E-state index in [2.05, 4.69) is 16.2 Å². The standard InChI is InChI=1S/C25H24ClN3O6/c1-33-21-12-7-18(13-22(21)34-2)24(31)27-14-23(30)28-29-25(32)17-5-3-16(4-6-17)15-35-20-10-8-19(26)9-11-20/h3-13H,14-15H2,1-2H3,(H,27,31)(H,28,30)(H,29,32). The Morgan fingerprint density at radius 2 is 1.43 bits per heavy atom. The van der Waals surface area contributed by atoms with Crippen LogP contribution in [0.1, 0.15) is 26.3 Å². The maximum atomic E-state index is 12.3. The maximum Gasteiger partial charge on any atom is 0.269 e. The molecule has 0 saturated carbocycles. The van der Waals surface area contributed by atoms with Crippen LogP contribution in [0.5, 0.6) is 17.2 Å². The summed E-state index contributed by atoms with van der Waals surface area (Å²) in [4.78, 5) is 36.6. The van der Waals surface area contributed by atoms with Crippen molar-refractivity contribution < 1.29 is 28.6 Å². The molecule has 3 amide bonds. The number of carbonyl (C=O) groups excluding carboxylic acids is 3. The Labute approximate surface area is 207 Å². The third-order valence-corrected chi connectivity index (χ3v) is 5.06. The molecule has 35 heavy (non-hydrogen) atoms. The molecule has 0 bridgehead atoms. The van der Waals surface area contributed by atoms with Crippen molar-refractivity contribution >= 4 is 29.3 Å². The van der Waals surface area contributed by atoms with Gasteiger partial charge in [0, 0.05) is 16.1 Å². The van der Waals surface area contributed by atoms with Crippen LogP contribution in [0.25, 0.3) is 0 Å². The number of hydrogen-bond donors (Lipinski definition) is 3. The second-order valence-electron chi connectivity index (χ2n) is 7.19. The van der Waals surface area contributed by atoms with Crippen LogP contribution in [-0.4, -0.2) is 38.5 Å². The van der Waals surface area contributed by atoms with E-state index in [0.29, 0.717) is 40.0 Å². The molecule has 3 N–H and O–H groups in total. The molecule has 182 valence electrons. The summed E-state index contributed by atoms with van der Waals surface area (Å²) in [5.74, 6) is -0.0399. The van der Waals surface area contributed by atoms with E-state index < -0.39 is 17.7 Å². The predicted octanol–water partition coefficient (Wildman–Crippen LogP) is 3.13. The number of halogens is 1. The minimum Gasteiger partial charge on any atom is -0.493 e. The number of benzene rings is 3. The van der Waals surface area contributed by atoms with Crippen LogP contribution in [0.15, 0.2) is 66.7 Å². The number of hydrogen-bond acceptors (Lipinski definition) is 6. The monoisotopic (exact) mass is 497 g/mol.